The fourth-order valence-corrected chi connectivity index (χ4v) is 2.51. The fourth-order valence-electron chi connectivity index (χ4n) is 2.51. The highest BCUT2D eigenvalue weighted by molar-refractivity contribution is 5.94. The topological polar surface area (TPSA) is 125 Å². The van der Waals surface area contributed by atoms with E-state index < -0.39 is 12.1 Å². The molecule has 1 fully saturated rings. The minimum atomic E-state index is -1.02. The number of hydrogen-bond donors (Lipinski definition) is 2. The van der Waals surface area contributed by atoms with Crippen molar-refractivity contribution in [3.63, 3.8) is 0 Å². The number of ether oxygens (including phenoxy) is 3. The van der Waals surface area contributed by atoms with Crippen LogP contribution >= 0.6 is 0 Å². The molecule has 3 heterocycles. The first-order valence-corrected chi connectivity index (χ1v) is 7.87. The summed E-state index contributed by atoms with van der Waals surface area (Å²) in [4.78, 5) is 26.9. The van der Waals surface area contributed by atoms with Crippen LogP contribution < -0.4 is 14.8 Å². The number of carbonyl (C=O) groups excluding carboxylic acids is 1. The van der Waals surface area contributed by atoms with Crippen molar-refractivity contribution in [2.75, 3.05) is 19.0 Å². The third-order valence-corrected chi connectivity index (χ3v) is 3.67. The van der Waals surface area contributed by atoms with Crippen molar-refractivity contribution in [2.24, 2.45) is 0 Å². The Morgan fingerprint density at radius 3 is 3.12 bits per heavy atom. The van der Waals surface area contributed by atoms with Crippen LogP contribution in [0.4, 0.5) is 5.69 Å². The van der Waals surface area contributed by atoms with E-state index in [9.17, 15) is 9.59 Å². The van der Waals surface area contributed by atoms with Crippen molar-refractivity contribution >= 4 is 17.6 Å². The number of pyridine rings is 1. The summed E-state index contributed by atoms with van der Waals surface area (Å²) in [6, 6.07) is 3.36. The first kappa shape index (κ1) is 17.7. The number of carboxylic acid groups (broad SMARTS) is 1. The largest absolute Gasteiger partial charge is 0.488 e. The Hall–Kier alpha value is -3.14. The van der Waals surface area contributed by atoms with E-state index in [4.69, 9.17) is 19.3 Å². The zero-order valence-electron chi connectivity index (χ0n) is 14.0. The Labute approximate surface area is 148 Å². The van der Waals surface area contributed by atoms with Crippen molar-refractivity contribution < 1.29 is 28.9 Å². The van der Waals surface area contributed by atoms with Crippen molar-refractivity contribution in [3.05, 3.63) is 30.7 Å². The zero-order chi connectivity index (χ0) is 18.5. The van der Waals surface area contributed by atoms with Gasteiger partial charge in [0.2, 0.25) is 5.88 Å². The van der Waals surface area contributed by atoms with E-state index in [-0.39, 0.29) is 25.2 Å². The molecule has 2 N–H and O–H groups in total. The number of methoxy groups -OCH3 is 1. The molecule has 2 atom stereocenters. The molecule has 0 spiro atoms. The van der Waals surface area contributed by atoms with Gasteiger partial charge < -0.3 is 24.6 Å². The lowest BCUT2D eigenvalue weighted by Gasteiger charge is -2.12. The summed E-state index contributed by atoms with van der Waals surface area (Å²) in [6.45, 7) is 0.00209. The van der Waals surface area contributed by atoms with Crippen LogP contribution in [0.1, 0.15) is 6.42 Å². The van der Waals surface area contributed by atoms with Crippen LogP contribution in [0.5, 0.6) is 11.6 Å². The molecule has 0 saturated carbocycles. The molecule has 2 aromatic heterocycles. The van der Waals surface area contributed by atoms with Gasteiger partial charge in [-0.05, 0) is 6.07 Å². The second kappa shape index (κ2) is 7.83. The van der Waals surface area contributed by atoms with Gasteiger partial charge in [0.1, 0.15) is 24.5 Å². The van der Waals surface area contributed by atoms with Gasteiger partial charge in [-0.3, -0.25) is 14.3 Å². The van der Waals surface area contributed by atoms with Gasteiger partial charge in [-0.15, -0.1) is 0 Å². The van der Waals surface area contributed by atoms with Crippen molar-refractivity contribution in [3.8, 4) is 11.6 Å². The maximum atomic E-state index is 12.3. The minimum Gasteiger partial charge on any atom is -0.488 e. The van der Waals surface area contributed by atoms with Gasteiger partial charge in [-0.25, -0.2) is 4.98 Å². The number of amides is 1. The first-order valence-electron chi connectivity index (χ1n) is 7.87. The summed E-state index contributed by atoms with van der Waals surface area (Å²) in [6.07, 6.45) is 3.85. The number of nitrogens with one attached hydrogen (secondary N) is 1. The number of hydrogen-bond acceptors (Lipinski definition) is 7. The van der Waals surface area contributed by atoms with E-state index >= 15 is 0 Å². The summed E-state index contributed by atoms with van der Waals surface area (Å²) in [5.41, 5.74) is 0.406. The molecule has 138 valence electrons. The summed E-state index contributed by atoms with van der Waals surface area (Å²) < 4.78 is 17.5. The lowest BCUT2D eigenvalue weighted by molar-refractivity contribution is -0.137. The van der Waals surface area contributed by atoms with Crippen LogP contribution in [0.25, 0.3) is 0 Å². The number of carbonyl (C=O) groups is 2. The second-order valence-corrected chi connectivity index (χ2v) is 5.64. The quantitative estimate of drug-likeness (QED) is 0.731. The molecule has 1 aliphatic heterocycles. The molecular formula is C16H18N4O6. The molecule has 1 unspecified atom stereocenters. The summed E-state index contributed by atoms with van der Waals surface area (Å²) in [5.74, 6) is -0.327. The van der Waals surface area contributed by atoms with E-state index in [1.165, 1.54) is 24.2 Å². The molecule has 1 aliphatic rings. The van der Waals surface area contributed by atoms with Crippen molar-refractivity contribution in [1.29, 1.82) is 0 Å². The van der Waals surface area contributed by atoms with Crippen molar-refractivity contribution in [1.82, 2.24) is 14.8 Å². The minimum absolute atomic E-state index is 0.271. The molecule has 0 bridgehead atoms. The van der Waals surface area contributed by atoms with Gasteiger partial charge in [-0.1, -0.05) is 0 Å². The molecule has 1 saturated heterocycles. The highest BCUT2D eigenvalue weighted by atomic mass is 16.6. The van der Waals surface area contributed by atoms with Gasteiger partial charge in [-0.2, -0.15) is 5.10 Å². The Morgan fingerprint density at radius 2 is 2.35 bits per heavy atom. The molecule has 0 radical (unpaired) electrons. The van der Waals surface area contributed by atoms with Crippen molar-refractivity contribution in [2.45, 2.75) is 25.2 Å². The normalized spacial score (nSPS) is 19.1. The van der Waals surface area contributed by atoms with Gasteiger partial charge in [0.05, 0.1) is 25.6 Å². The number of anilines is 1. The Balaban J connectivity index is 1.52. The number of nitrogens with zero attached hydrogens (tertiary/aromatic N) is 3. The van der Waals surface area contributed by atoms with E-state index in [1.54, 1.807) is 18.3 Å². The van der Waals surface area contributed by atoms with Crippen LogP contribution in [0.3, 0.4) is 0 Å². The fraction of sp³-hybridized carbons (Fsp3) is 0.375. The predicted octanol–water partition coefficient (Wildman–Crippen LogP) is 0.546. The lowest BCUT2D eigenvalue weighted by Crippen LogP contribution is -2.27. The number of carboxylic acids is 1. The number of aliphatic carboxylic acids is 1. The van der Waals surface area contributed by atoms with Crippen LogP contribution in [-0.2, 0) is 20.9 Å². The Bertz CT molecular complexity index is 793. The third kappa shape index (κ3) is 4.48. The van der Waals surface area contributed by atoms with Gasteiger partial charge in [0, 0.05) is 24.9 Å². The molecule has 10 nitrogen and oxygen atoms in total. The average molecular weight is 362 g/mol. The monoisotopic (exact) mass is 362 g/mol. The van der Waals surface area contributed by atoms with Gasteiger partial charge in [0.15, 0.2) is 0 Å². The van der Waals surface area contributed by atoms with E-state index in [0.717, 1.165) is 0 Å². The van der Waals surface area contributed by atoms with Crippen LogP contribution in [0, 0.1) is 0 Å². The van der Waals surface area contributed by atoms with E-state index in [1.807, 2.05) is 0 Å². The van der Waals surface area contributed by atoms with E-state index in [0.29, 0.717) is 23.7 Å². The maximum Gasteiger partial charge on any atom is 0.325 e. The van der Waals surface area contributed by atoms with Gasteiger partial charge >= 0.3 is 5.97 Å². The third-order valence-electron chi connectivity index (χ3n) is 3.67. The molecule has 0 aromatic carbocycles. The SMILES string of the molecule is COc1cc(OC2CO[C@@H](C(=O)Nc3cnn(CC(=O)O)c3)C2)ccn1. The molecule has 2 aromatic rings. The first-order chi connectivity index (χ1) is 12.5. The molecule has 10 heteroatoms. The number of aromatic nitrogens is 3. The molecule has 1 amide bonds. The Morgan fingerprint density at radius 1 is 1.50 bits per heavy atom. The highest BCUT2D eigenvalue weighted by Gasteiger charge is 2.32. The van der Waals surface area contributed by atoms with E-state index in [2.05, 4.69) is 15.4 Å². The van der Waals surface area contributed by atoms with Crippen LogP contribution in [-0.4, -0.2) is 57.7 Å². The lowest BCUT2D eigenvalue weighted by atomic mass is 10.2. The number of rotatable bonds is 7. The van der Waals surface area contributed by atoms with Crippen LogP contribution in [0.2, 0.25) is 0 Å². The Kier molecular flexibility index (Phi) is 5.32. The summed E-state index contributed by atoms with van der Waals surface area (Å²) >= 11 is 0. The average Bonchev–Trinajstić information content (AvgIpc) is 3.24. The highest BCUT2D eigenvalue weighted by Crippen LogP contribution is 2.23. The summed E-state index contributed by atoms with van der Waals surface area (Å²) in [5, 5.41) is 15.2. The maximum absolute atomic E-state index is 12.3. The molecular weight excluding hydrogens is 344 g/mol. The second-order valence-electron chi connectivity index (χ2n) is 5.64. The summed E-state index contributed by atoms with van der Waals surface area (Å²) in [7, 11) is 1.52. The smallest absolute Gasteiger partial charge is 0.325 e. The molecule has 26 heavy (non-hydrogen) atoms. The molecule has 0 aliphatic carbocycles. The van der Waals surface area contributed by atoms with Crippen LogP contribution in [0.15, 0.2) is 30.7 Å². The van der Waals surface area contributed by atoms with Gasteiger partial charge in [0.25, 0.3) is 5.91 Å². The standard InChI is InChI=1S/C16H18N4O6/c1-24-14-5-11(2-3-17-14)26-12-4-13(25-9-12)16(23)19-10-6-18-20(7-10)8-15(21)22/h2-3,5-7,12-13H,4,8-9H2,1H3,(H,19,23)(H,21,22)/t12?,13-/m1/s1. The molecule has 3 rings (SSSR count). The zero-order valence-corrected chi connectivity index (χ0v) is 14.0. The predicted molar refractivity (Wildman–Crippen MR) is 88.1 cm³/mol.